The minimum atomic E-state index is -0.434. The molecule has 0 aliphatic carbocycles. The second kappa shape index (κ2) is 9.58. The molecular weight excluding hydrogens is 426 g/mol. The number of aromatic nitrogens is 3. The molecule has 0 aliphatic heterocycles. The van der Waals surface area contributed by atoms with Crippen molar-refractivity contribution in [3.8, 4) is 28.1 Å². The number of rotatable bonds is 7. The summed E-state index contributed by atoms with van der Waals surface area (Å²) in [5.41, 5.74) is 5.59. The van der Waals surface area contributed by atoms with Gasteiger partial charge < -0.3 is 9.47 Å². The smallest absolute Gasteiger partial charge is 0.343 e. The van der Waals surface area contributed by atoms with Crippen molar-refractivity contribution in [1.29, 1.82) is 0 Å². The maximum absolute atomic E-state index is 12.4. The first-order chi connectivity index (χ1) is 16.7. The van der Waals surface area contributed by atoms with Gasteiger partial charge >= 0.3 is 5.97 Å². The molecule has 3 aromatic carbocycles. The van der Waals surface area contributed by atoms with Crippen LogP contribution in [0.5, 0.6) is 5.75 Å². The van der Waals surface area contributed by atoms with Gasteiger partial charge in [-0.1, -0.05) is 72.8 Å². The molecule has 0 unspecified atom stereocenters. The molecule has 0 atom stereocenters. The highest BCUT2D eigenvalue weighted by Gasteiger charge is 2.20. The molecule has 0 saturated carbocycles. The first-order valence-electron chi connectivity index (χ1n) is 11.1. The third-order valence-corrected chi connectivity index (χ3v) is 5.48. The highest BCUT2D eigenvalue weighted by molar-refractivity contribution is 5.96. The van der Waals surface area contributed by atoms with Crippen LogP contribution in [0.1, 0.15) is 22.8 Å². The molecule has 0 fully saturated rings. The Bertz CT molecular complexity index is 1410. The summed E-state index contributed by atoms with van der Waals surface area (Å²) in [4.78, 5) is 17.0. The maximum Gasteiger partial charge on any atom is 0.343 e. The maximum atomic E-state index is 12.4. The van der Waals surface area contributed by atoms with Crippen LogP contribution < -0.4 is 4.74 Å². The van der Waals surface area contributed by atoms with E-state index in [1.54, 1.807) is 17.6 Å². The van der Waals surface area contributed by atoms with Gasteiger partial charge in [0, 0.05) is 17.3 Å². The number of fused-ring (bicyclic) bond motifs is 1. The lowest BCUT2D eigenvalue weighted by Crippen LogP contribution is -2.06. The third kappa shape index (κ3) is 4.26. The van der Waals surface area contributed by atoms with Gasteiger partial charge in [0.25, 0.3) is 0 Å². The Morgan fingerprint density at radius 3 is 2.26 bits per heavy atom. The van der Waals surface area contributed by atoms with E-state index >= 15 is 0 Å². The molecule has 5 rings (SSSR count). The van der Waals surface area contributed by atoms with Crippen LogP contribution in [-0.4, -0.2) is 27.2 Å². The van der Waals surface area contributed by atoms with Crippen molar-refractivity contribution >= 4 is 11.6 Å². The summed E-state index contributed by atoms with van der Waals surface area (Å²) in [7, 11) is 0. The van der Waals surface area contributed by atoms with E-state index in [4.69, 9.17) is 9.47 Å². The predicted molar refractivity (Wildman–Crippen MR) is 131 cm³/mol. The van der Waals surface area contributed by atoms with Crippen molar-refractivity contribution in [2.45, 2.75) is 13.5 Å². The van der Waals surface area contributed by atoms with Gasteiger partial charge in [-0.05, 0) is 30.2 Å². The van der Waals surface area contributed by atoms with Gasteiger partial charge in [0.1, 0.15) is 17.9 Å². The Hall–Kier alpha value is -4.45. The summed E-state index contributed by atoms with van der Waals surface area (Å²) >= 11 is 0. The SMILES string of the molecule is CCOC(=O)c1cnn2c(-c3ccccc3)c(-c3ccc(OCc4ccccc4)cc3)cnc12. The molecule has 0 saturated heterocycles. The van der Waals surface area contributed by atoms with Crippen LogP contribution in [-0.2, 0) is 11.3 Å². The molecule has 0 radical (unpaired) electrons. The molecule has 0 bridgehead atoms. The van der Waals surface area contributed by atoms with Crippen molar-refractivity contribution in [2.75, 3.05) is 6.61 Å². The fourth-order valence-electron chi connectivity index (χ4n) is 3.84. The number of hydrogen-bond acceptors (Lipinski definition) is 5. The standard InChI is InChI=1S/C28H23N3O3/c1-2-33-28(32)25-18-30-31-26(22-11-7-4-8-12-22)24(17-29-27(25)31)21-13-15-23(16-14-21)34-19-20-9-5-3-6-10-20/h3-18H,2,19H2,1H3. The van der Waals surface area contributed by atoms with Crippen LogP contribution in [0.2, 0.25) is 0 Å². The van der Waals surface area contributed by atoms with Crippen LogP contribution in [0.25, 0.3) is 28.0 Å². The van der Waals surface area contributed by atoms with Gasteiger partial charge in [0.15, 0.2) is 5.65 Å². The zero-order valence-corrected chi connectivity index (χ0v) is 18.7. The highest BCUT2D eigenvalue weighted by Crippen LogP contribution is 2.33. The molecule has 6 heteroatoms. The van der Waals surface area contributed by atoms with Gasteiger partial charge in [0.05, 0.1) is 18.5 Å². The van der Waals surface area contributed by atoms with Gasteiger partial charge in [-0.15, -0.1) is 0 Å². The first kappa shape index (κ1) is 21.4. The van der Waals surface area contributed by atoms with Crippen LogP contribution in [0.3, 0.4) is 0 Å². The summed E-state index contributed by atoms with van der Waals surface area (Å²) in [5, 5.41) is 4.49. The molecule has 0 amide bonds. The lowest BCUT2D eigenvalue weighted by atomic mass is 10.0. The zero-order chi connectivity index (χ0) is 23.3. The highest BCUT2D eigenvalue weighted by atomic mass is 16.5. The predicted octanol–water partition coefficient (Wildman–Crippen LogP) is 5.82. The van der Waals surface area contributed by atoms with Crippen LogP contribution >= 0.6 is 0 Å². The zero-order valence-electron chi connectivity index (χ0n) is 18.7. The van der Waals surface area contributed by atoms with Crippen molar-refractivity contribution in [2.24, 2.45) is 0 Å². The quantitative estimate of drug-likeness (QED) is 0.293. The van der Waals surface area contributed by atoms with Gasteiger partial charge in [-0.25, -0.2) is 14.3 Å². The number of hydrogen-bond donors (Lipinski definition) is 0. The molecule has 34 heavy (non-hydrogen) atoms. The summed E-state index contributed by atoms with van der Waals surface area (Å²) < 4.78 is 12.8. The topological polar surface area (TPSA) is 65.7 Å². The number of carbonyl (C=O) groups is 1. The largest absolute Gasteiger partial charge is 0.489 e. The molecular formula is C28H23N3O3. The Balaban J connectivity index is 1.53. The first-order valence-corrected chi connectivity index (χ1v) is 11.1. The molecule has 6 nitrogen and oxygen atoms in total. The normalized spacial score (nSPS) is 10.9. The van der Waals surface area contributed by atoms with Crippen LogP contribution in [0.15, 0.2) is 97.3 Å². The molecule has 0 spiro atoms. The fourth-order valence-corrected chi connectivity index (χ4v) is 3.84. The Kier molecular flexibility index (Phi) is 6.03. The number of benzene rings is 3. The Morgan fingerprint density at radius 2 is 1.56 bits per heavy atom. The van der Waals surface area contributed by atoms with E-state index in [-0.39, 0.29) is 0 Å². The number of nitrogens with zero attached hydrogens (tertiary/aromatic N) is 3. The lowest BCUT2D eigenvalue weighted by Gasteiger charge is -2.13. The average Bonchev–Trinajstić information content (AvgIpc) is 3.33. The fraction of sp³-hybridized carbons (Fsp3) is 0.107. The molecule has 2 aromatic heterocycles. The summed E-state index contributed by atoms with van der Waals surface area (Å²) in [5.74, 6) is 0.350. The van der Waals surface area contributed by atoms with E-state index in [0.29, 0.717) is 24.4 Å². The third-order valence-electron chi connectivity index (χ3n) is 5.48. The molecule has 5 aromatic rings. The average molecular weight is 450 g/mol. The Labute approximate surface area is 197 Å². The lowest BCUT2D eigenvalue weighted by molar-refractivity contribution is 0.0528. The number of carbonyl (C=O) groups excluding carboxylic acids is 1. The van der Waals surface area contributed by atoms with Crippen molar-refractivity contribution in [1.82, 2.24) is 14.6 Å². The molecule has 168 valence electrons. The van der Waals surface area contributed by atoms with E-state index < -0.39 is 5.97 Å². The van der Waals surface area contributed by atoms with Gasteiger partial charge in [-0.3, -0.25) is 0 Å². The van der Waals surface area contributed by atoms with Crippen LogP contribution in [0, 0.1) is 0 Å². The van der Waals surface area contributed by atoms with E-state index in [9.17, 15) is 4.79 Å². The summed E-state index contributed by atoms with van der Waals surface area (Å²) in [6.07, 6.45) is 3.29. The molecule has 0 aliphatic rings. The minimum absolute atomic E-state index is 0.290. The van der Waals surface area contributed by atoms with E-state index in [0.717, 1.165) is 33.7 Å². The summed E-state index contributed by atoms with van der Waals surface area (Å²) in [6, 6.07) is 27.9. The van der Waals surface area contributed by atoms with E-state index in [1.165, 1.54) is 6.20 Å². The van der Waals surface area contributed by atoms with Crippen molar-refractivity contribution in [3.05, 3.63) is 108 Å². The second-order valence-electron chi connectivity index (χ2n) is 7.70. The second-order valence-corrected chi connectivity index (χ2v) is 7.70. The summed E-state index contributed by atoms with van der Waals surface area (Å²) in [6.45, 7) is 2.57. The van der Waals surface area contributed by atoms with Crippen molar-refractivity contribution < 1.29 is 14.3 Å². The van der Waals surface area contributed by atoms with Crippen LogP contribution in [0.4, 0.5) is 0 Å². The number of esters is 1. The minimum Gasteiger partial charge on any atom is -0.489 e. The molecule has 2 heterocycles. The van der Waals surface area contributed by atoms with E-state index in [2.05, 4.69) is 10.1 Å². The van der Waals surface area contributed by atoms with Crippen molar-refractivity contribution in [3.63, 3.8) is 0 Å². The molecule has 0 N–H and O–H groups in total. The van der Waals surface area contributed by atoms with E-state index in [1.807, 2.05) is 84.9 Å². The van der Waals surface area contributed by atoms with Gasteiger partial charge in [0.2, 0.25) is 0 Å². The van der Waals surface area contributed by atoms with Gasteiger partial charge in [-0.2, -0.15) is 5.10 Å². The monoisotopic (exact) mass is 449 g/mol. The number of ether oxygens (including phenoxy) is 2. The Morgan fingerprint density at radius 1 is 0.853 bits per heavy atom.